The number of hydrogen-bond acceptors (Lipinski definition) is 5. The van der Waals surface area contributed by atoms with Gasteiger partial charge in [-0.05, 0) is 13.3 Å². The van der Waals surface area contributed by atoms with Gasteiger partial charge in [-0.2, -0.15) is 5.10 Å². The summed E-state index contributed by atoms with van der Waals surface area (Å²) in [6.07, 6.45) is 4.55. The zero-order valence-electron chi connectivity index (χ0n) is 12.0. The molecule has 1 aromatic heterocycles. The van der Waals surface area contributed by atoms with Gasteiger partial charge in [-0.3, -0.25) is 9.48 Å². The van der Waals surface area contributed by atoms with Gasteiger partial charge in [-0.25, -0.2) is 0 Å². The Kier molecular flexibility index (Phi) is 6.94. The lowest BCUT2D eigenvalue weighted by molar-refractivity contribution is -0.145. The Morgan fingerprint density at radius 1 is 1.58 bits per heavy atom. The molecule has 1 N–H and O–H groups in total. The van der Waals surface area contributed by atoms with Crippen molar-refractivity contribution in [1.29, 1.82) is 0 Å². The topological polar surface area (TPSA) is 56.1 Å². The van der Waals surface area contributed by atoms with Crippen molar-refractivity contribution in [2.45, 2.75) is 44.2 Å². The molecule has 1 heterocycles. The van der Waals surface area contributed by atoms with Gasteiger partial charge in [0.2, 0.25) is 0 Å². The first kappa shape index (κ1) is 16.0. The molecule has 0 bridgehead atoms. The van der Waals surface area contributed by atoms with Crippen molar-refractivity contribution in [3.8, 4) is 0 Å². The molecule has 6 heteroatoms. The molecule has 108 valence electrons. The number of nitrogens with one attached hydrogen (secondary N) is 1. The Hall–Kier alpha value is -1.01. The number of hydrogen-bond donors (Lipinski definition) is 1. The van der Waals surface area contributed by atoms with Gasteiger partial charge in [-0.15, -0.1) is 11.8 Å². The molecule has 0 spiro atoms. The van der Waals surface area contributed by atoms with E-state index in [2.05, 4.69) is 10.4 Å². The lowest BCUT2D eigenvalue weighted by Gasteiger charge is -2.19. The molecule has 1 aromatic rings. The minimum absolute atomic E-state index is 0.164. The second-order valence-corrected chi connectivity index (χ2v) is 5.78. The third-order valence-corrected chi connectivity index (χ3v) is 3.45. The Morgan fingerprint density at radius 2 is 2.32 bits per heavy atom. The number of aryl methyl sites for hydroxylation is 1. The van der Waals surface area contributed by atoms with Crippen molar-refractivity contribution in [2.75, 3.05) is 12.4 Å². The van der Waals surface area contributed by atoms with Crippen LogP contribution in [0.15, 0.2) is 17.3 Å². The zero-order valence-corrected chi connectivity index (χ0v) is 12.9. The number of carbonyl (C=O) groups is 1. The lowest BCUT2D eigenvalue weighted by Crippen LogP contribution is -2.42. The van der Waals surface area contributed by atoms with Gasteiger partial charge in [0.1, 0.15) is 6.04 Å². The summed E-state index contributed by atoms with van der Waals surface area (Å²) in [6.45, 7) is 6.31. The van der Waals surface area contributed by atoms with Gasteiger partial charge in [0, 0.05) is 29.9 Å². The van der Waals surface area contributed by atoms with E-state index < -0.39 is 0 Å². The predicted molar refractivity (Wildman–Crippen MR) is 77.2 cm³/mol. The fourth-order valence-electron chi connectivity index (χ4n) is 1.68. The van der Waals surface area contributed by atoms with E-state index in [-0.39, 0.29) is 18.1 Å². The van der Waals surface area contributed by atoms with E-state index in [9.17, 15) is 4.79 Å². The van der Waals surface area contributed by atoms with Crippen molar-refractivity contribution in [3.05, 3.63) is 12.4 Å². The van der Waals surface area contributed by atoms with E-state index in [0.717, 1.165) is 17.1 Å². The van der Waals surface area contributed by atoms with Gasteiger partial charge in [0.25, 0.3) is 0 Å². The molecule has 1 unspecified atom stereocenters. The average Bonchev–Trinajstić information content (AvgIpc) is 2.73. The summed E-state index contributed by atoms with van der Waals surface area (Å²) in [7, 11) is 1.89. The summed E-state index contributed by atoms with van der Waals surface area (Å²) in [4.78, 5) is 12.9. The summed E-state index contributed by atoms with van der Waals surface area (Å²) in [5.74, 6) is 0.692. The molecule has 0 aliphatic heterocycles. The van der Waals surface area contributed by atoms with Crippen molar-refractivity contribution < 1.29 is 9.53 Å². The fraction of sp³-hybridized carbons (Fsp3) is 0.692. The van der Waals surface area contributed by atoms with E-state index >= 15 is 0 Å². The highest BCUT2D eigenvalue weighted by atomic mass is 32.2. The van der Waals surface area contributed by atoms with Crippen LogP contribution in [0.5, 0.6) is 0 Å². The number of esters is 1. The Bertz CT molecular complexity index is 393. The van der Waals surface area contributed by atoms with Crippen LogP contribution in [0.4, 0.5) is 0 Å². The standard InChI is InChI=1S/C13H23N3O2S/c1-5-18-13(17)12(15-10(2)3)6-7-19-11-8-14-16(4)9-11/h8-10,12,15H,5-7H2,1-4H3. The van der Waals surface area contributed by atoms with Gasteiger partial charge in [0.15, 0.2) is 0 Å². The first-order chi connectivity index (χ1) is 9.02. The minimum atomic E-state index is -0.232. The van der Waals surface area contributed by atoms with Crippen molar-refractivity contribution in [3.63, 3.8) is 0 Å². The van der Waals surface area contributed by atoms with Gasteiger partial charge >= 0.3 is 5.97 Å². The summed E-state index contributed by atoms with van der Waals surface area (Å²) in [5, 5.41) is 7.36. The summed E-state index contributed by atoms with van der Waals surface area (Å²) < 4.78 is 6.86. The number of aromatic nitrogens is 2. The maximum Gasteiger partial charge on any atom is 0.323 e. The van der Waals surface area contributed by atoms with Crippen LogP contribution < -0.4 is 5.32 Å². The highest BCUT2D eigenvalue weighted by Gasteiger charge is 2.20. The van der Waals surface area contributed by atoms with Crippen molar-refractivity contribution in [2.24, 2.45) is 7.05 Å². The number of thioether (sulfide) groups is 1. The first-order valence-corrected chi connectivity index (χ1v) is 7.55. The van der Waals surface area contributed by atoms with Gasteiger partial charge in [-0.1, -0.05) is 13.8 Å². The molecule has 5 nitrogen and oxygen atoms in total. The molecule has 0 aromatic carbocycles. The fourth-order valence-corrected chi connectivity index (χ4v) is 2.62. The highest BCUT2D eigenvalue weighted by molar-refractivity contribution is 7.99. The van der Waals surface area contributed by atoms with E-state index in [1.807, 2.05) is 40.2 Å². The normalized spacial score (nSPS) is 12.7. The molecule has 0 saturated carbocycles. The van der Waals surface area contributed by atoms with E-state index in [4.69, 9.17) is 4.74 Å². The van der Waals surface area contributed by atoms with Crippen LogP contribution >= 0.6 is 11.8 Å². The molecule has 0 aliphatic carbocycles. The quantitative estimate of drug-likeness (QED) is 0.583. The first-order valence-electron chi connectivity index (χ1n) is 6.57. The molecule has 0 fully saturated rings. The smallest absolute Gasteiger partial charge is 0.323 e. The molecule has 1 rings (SSSR count). The number of nitrogens with zero attached hydrogens (tertiary/aromatic N) is 2. The second-order valence-electron chi connectivity index (χ2n) is 4.61. The SMILES string of the molecule is CCOC(=O)C(CCSc1cnn(C)c1)NC(C)C. The van der Waals surface area contributed by atoms with E-state index in [0.29, 0.717) is 6.61 Å². The number of rotatable bonds is 8. The summed E-state index contributed by atoms with van der Waals surface area (Å²) in [6, 6.07) is 0.0296. The summed E-state index contributed by atoms with van der Waals surface area (Å²) >= 11 is 1.70. The van der Waals surface area contributed by atoms with Crippen molar-refractivity contribution >= 4 is 17.7 Å². The minimum Gasteiger partial charge on any atom is -0.465 e. The molecule has 0 saturated heterocycles. The molecule has 1 atom stereocenters. The number of carbonyl (C=O) groups excluding carboxylic acids is 1. The molecule has 19 heavy (non-hydrogen) atoms. The van der Waals surface area contributed by atoms with E-state index in [1.165, 1.54) is 0 Å². The molecular weight excluding hydrogens is 262 g/mol. The van der Waals surface area contributed by atoms with Crippen LogP contribution in [0.25, 0.3) is 0 Å². The molecule has 0 amide bonds. The third-order valence-electron chi connectivity index (χ3n) is 2.46. The number of ether oxygens (including phenoxy) is 1. The van der Waals surface area contributed by atoms with Gasteiger partial charge in [0.05, 0.1) is 12.8 Å². The third kappa shape index (κ3) is 6.11. The maximum atomic E-state index is 11.8. The second kappa shape index (κ2) is 8.22. The average molecular weight is 285 g/mol. The Balaban J connectivity index is 2.41. The van der Waals surface area contributed by atoms with Crippen LogP contribution in [-0.4, -0.2) is 40.2 Å². The monoisotopic (exact) mass is 285 g/mol. The Labute approximate surface area is 119 Å². The maximum absolute atomic E-state index is 11.8. The molecular formula is C13H23N3O2S. The van der Waals surface area contributed by atoms with Crippen LogP contribution in [0.1, 0.15) is 27.2 Å². The summed E-state index contributed by atoms with van der Waals surface area (Å²) in [5.41, 5.74) is 0. The highest BCUT2D eigenvalue weighted by Crippen LogP contribution is 2.18. The van der Waals surface area contributed by atoms with Crippen LogP contribution in [0.3, 0.4) is 0 Å². The van der Waals surface area contributed by atoms with Gasteiger partial charge < -0.3 is 10.1 Å². The van der Waals surface area contributed by atoms with Crippen LogP contribution in [0, 0.1) is 0 Å². The van der Waals surface area contributed by atoms with Crippen molar-refractivity contribution in [1.82, 2.24) is 15.1 Å². The molecule has 0 radical (unpaired) electrons. The van der Waals surface area contributed by atoms with E-state index in [1.54, 1.807) is 16.4 Å². The zero-order chi connectivity index (χ0) is 14.3. The Morgan fingerprint density at radius 3 is 2.84 bits per heavy atom. The largest absolute Gasteiger partial charge is 0.465 e. The van der Waals surface area contributed by atoms with Crippen LogP contribution in [0.2, 0.25) is 0 Å². The molecule has 0 aliphatic rings. The predicted octanol–water partition coefficient (Wildman–Crippen LogP) is 1.83. The lowest BCUT2D eigenvalue weighted by atomic mass is 10.2. The van der Waals surface area contributed by atoms with Crippen LogP contribution in [-0.2, 0) is 16.6 Å².